The van der Waals surface area contributed by atoms with Crippen LogP contribution >= 0.6 is 15.9 Å². The van der Waals surface area contributed by atoms with Crippen LogP contribution in [0.3, 0.4) is 0 Å². The van der Waals surface area contributed by atoms with Crippen molar-refractivity contribution < 1.29 is 4.79 Å². The fraction of sp³-hybridized carbons (Fsp3) is 0.444. The zero-order chi connectivity index (χ0) is 17.3. The van der Waals surface area contributed by atoms with Crippen LogP contribution < -0.4 is 0 Å². The molecule has 3 rings (SSSR count). The first-order valence-electron chi connectivity index (χ1n) is 8.22. The Kier molecular flexibility index (Phi) is 5.06. The van der Waals surface area contributed by atoms with Crippen molar-refractivity contribution in [3.05, 3.63) is 51.3 Å². The molecule has 2 heterocycles. The van der Waals surface area contributed by atoms with E-state index in [4.69, 9.17) is 0 Å². The van der Waals surface area contributed by atoms with Gasteiger partial charge in [0.2, 0.25) is 0 Å². The van der Waals surface area contributed by atoms with Crippen LogP contribution in [0, 0.1) is 13.8 Å². The Morgan fingerprint density at radius 2 is 1.92 bits per heavy atom. The van der Waals surface area contributed by atoms with Crippen molar-refractivity contribution in [1.29, 1.82) is 0 Å². The number of aryl methyl sites for hydroxylation is 3. The van der Waals surface area contributed by atoms with E-state index in [1.54, 1.807) is 4.68 Å². The van der Waals surface area contributed by atoms with Gasteiger partial charge in [-0.15, -0.1) is 0 Å². The number of amides is 1. The lowest BCUT2D eigenvalue weighted by Crippen LogP contribution is -2.48. The second kappa shape index (κ2) is 7.07. The molecule has 0 radical (unpaired) electrons. The van der Waals surface area contributed by atoms with E-state index in [-0.39, 0.29) is 5.91 Å². The van der Waals surface area contributed by atoms with Gasteiger partial charge in [0.05, 0.1) is 10.2 Å². The second-order valence-corrected chi connectivity index (χ2v) is 7.22. The van der Waals surface area contributed by atoms with Crippen molar-refractivity contribution in [3.8, 4) is 0 Å². The molecule has 1 amide bonds. The highest BCUT2D eigenvalue weighted by Crippen LogP contribution is 2.22. The predicted molar refractivity (Wildman–Crippen MR) is 98.0 cm³/mol. The Bertz CT molecular complexity index is 747. The summed E-state index contributed by atoms with van der Waals surface area (Å²) in [5, 5.41) is 4.32. The summed E-state index contributed by atoms with van der Waals surface area (Å²) in [4.78, 5) is 17.1. The summed E-state index contributed by atoms with van der Waals surface area (Å²) in [5.74, 6) is 0.0557. The number of nitrogens with zero attached hydrogens (tertiary/aromatic N) is 4. The summed E-state index contributed by atoms with van der Waals surface area (Å²) in [6.07, 6.45) is 0. The molecule has 6 heteroatoms. The number of halogens is 1. The summed E-state index contributed by atoms with van der Waals surface area (Å²) >= 11 is 3.49. The van der Waals surface area contributed by atoms with Crippen LogP contribution in [0.1, 0.15) is 27.3 Å². The maximum atomic E-state index is 12.8. The van der Waals surface area contributed by atoms with E-state index in [1.807, 2.05) is 18.9 Å². The molecule has 0 unspecified atom stereocenters. The van der Waals surface area contributed by atoms with Gasteiger partial charge in [-0.2, -0.15) is 5.10 Å². The van der Waals surface area contributed by atoms with Crippen molar-refractivity contribution in [1.82, 2.24) is 19.6 Å². The van der Waals surface area contributed by atoms with Crippen LogP contribution in [0.25, 0.3) is 0 Å². The zero-order valence-corrected chi connectivity index (χ0v) is 16.0. The highest BCUT2D eigenvalue weighted by Gasteiger charge is 2.26. The topological polar surface area (TPSA) is 41.4 Å². The predicted octanol–water partition coefficient (Wildman–Crippen LogP) is 2.76. The van der Waals surface area contributed by atoms with E-state index >= 15 is 0 Å². The van der Waals surface area contributed by atoms with Crippen LogP contribution in [-0.4, -0.2) is 51.7 Å². The molecule has 1 fully saturated rings. The van der Waals surface area contributed by atoms with Crippen molar-refractivity contribution >= 4 is 21.8 Å². The fourth-order valence-corrected chi connectivity index (χ4v) is 3.70. The Hall–Kier alpha value is -1.66. The molecule has 0 spiro atoms. The first kappa shape index (κ1) is 17.2. The Balaban J connectivity index is 1.61. The maximum Gasteiger partial charge on any atom is 0.273 e. The van der Waals surface area contributed by atoms with Crippen LogP contribution in [0.15, 0.2) is 28.7 Å². The maximum absolute atomic E-state index is 12.8. The summed E-state index contributed by atoms with van der Waals surface area (Å²) < 4.78 is 2.47. The number of hydrogen-bond acceptors (Lipinski definition) is 3. The smallest absolute Gasteiger partial charge is 0.273 e. The minimum absolute atomic E-state index is 0.0557. The lowest BCUT2D eigenvalue weighted by Gasteiger charge is -2.34. The number of rotatable bonds is 3. The van der Waals surface area contributed by atoms with Crippen molar-refractivity contribution in [2.24, 2.45) is 7.05 Å². The number of carbonyl (C=O) groups excluding carboxylic acids is 1. The molecule has 0 saturated carbocycles. The van der Waals surface area contributed by atoms with Gasteiger partial charge in [-0.1, -0.05) is 29.8 Å². The molecule has 128 valence electrons. The highest BCUT2D eigenvalue weighted by molar-refractivity contribution is 9.10. The molecule has 1 aliphatic heterocycles. The molecule has 1 aromatic carbocycles. The third-order valence-electron chi connectivity index (χ3n) is 4.50. The lowest BCUT2D eigenvalue weighted by molar-refractivity contribution is 0.0617. The summed E-state index contributed by atoms with van der Waals surface area (Å²) in [7, 11) is 1.82. The van der Waals surface area contributed by atoms with Crippen molar-refractivity contribution in [2.75, 3.05) is 26.2 Å². The number of benzene rings is 1. The average Bonchev–Trinajstić information content (AvgIpc) is 2.80. The first-order chi connectivity index (χ1) is 11.5. The Morgan fingerprint density at radius 3 is 2.50 bits per heavy atom. The van der Waals surface area contributed by atoms with Gasteiger partial charge < -0.3 is 4.90 Å². The number of hydrogen-bond donors (Lipinski definition) is 0. The summed E-state index contributed by atoms with van der Waals surface area (Å²) in [6, 6.07) is 8.62. The van der Waals surface area contributed by atoms with Gasteiger partial charge in [0.1, 0.15) is 5.69 Å². The van der Waals surface area contributed by atoms with E-state index in [2.05, 4.69) is 57.1 Å². The average molecular weight is 391 g/mol. The van der Waals surface area contributed by atoms with Gasteiger partial charge >= 0.3 is 0 Å². The quantitative estimate of drug-likeness (QED) is 0.808. The highest BCUT2D eigenvalue weighted by atomic mass is 79.9. The molecule has 24 heavy (non-hydrogen) atoms. The molecular formula is C18H23BrN4O. The number of carbonyl (C=O) groups is 1. The van der Waals surface area contributed by atoms with Gasteiger partial charge in [0.15, 0.2) is 0 Å². The van der Waals surface area contributed by atoms with E-state index < -0.39 is 0 Å². The molecule has 2 aromatic rings. The van der Waals surface area contributed by atoms with E-state index in [1.165, 1.54) is 11.1 Å². The van der Waals surface area contributed by atoms with E-state index in [0.29, 0.717) is 5.69 Å². The normalized spacial score (nSPS) is 15.8. The molecule has 0 bridgehead atoms. The van der Waals surface area contributed by atoms with Gasteiger partial charge in [0, 0.05) is 39.8 Å². The molecule has 5 nitrogen and oxygen atoms in total. The second-order valence-electron chi connectivity index (χ2n) is 6.43. The van der Waals surface area contributed by atoms with Crippen molar-refractivity contribution in [3.63, 3.8) is 0 Å². The molecular weight excluding hydrogens is 368 g/mol. The monoisotopic (exact) mass is 390 g/mol. The minimum Gasteiger partial charge on any atom is -0.335 e. The molecule has 0 aliphatic carbocycles. The molecule has 1 saturated heterocycles. The largest absolute Gasteiger partial charge is 0.335 e. The molecule has 0 N–H and O–H groups in total. The zero-order valence-electron chi connectivity index (χ0n) is 14.4. The Labute approximate surface area is 151 Å². The van der Waals surface area contributed by atoms with Crippen LogP contribution in [0.5, 0.6) is 0 Å². The van der Waals surface area contributed by atoms with Crippen molar-refractivity contribution in [2.45, 2.75) is 20.4 Å². The number of aromatic nitrogens is 2. The standard InChI is InChI=1S/C18H23BrN4O/c1-13-5-4-6-15(11-13)12-22-7-9-23(10-8-22)18(24)17-16(19)14(2)20-21(17)3/h4-6,11H,7-10,12H2,1-3H3. The third-order valence-corrected chi connectivity index (χ3v) is 5.45. The Morgan fingerprint density at radius 1 is 1.21 bits per heavy atom. The van der Waals surface area contributed by atoms with Gasteiger partial charge in [0.25, 0.3) is 5.91 Å². The lowest BCUT2D eigenvalue weighted by atomic mass is 10.1. The summed E-state index contributed by atoms with van der Waals surface area (Å²) in [6.45, 7) is 8.26. The van der Waals surface area contributed by atoms with Crippen LogP contribution in [-0.2, 0) is 13.6 Å². The van der Waals surface area contributed by atoms with Gasteiger partial charge in [-0.25, -0.2) is 0 Å². The van der Waals surface area contributed by atoms with Gasteiger partial charge in [-0.3, -0.25) is 14.4 Å². The SMILES string of the molecule is Cc1cccc(CN2CCN(C(=O)c3c(Br)c(C)nn3C)CC2)c1. The van der Waals surface area contributed by atoms with Gasteiger partial charge in [-0.05, 0) is 35.3 Å². The van der Waals surface area contributed by atoms with Crippen LogP contribution in [0.2, 0.25) is 0 Å². The fourth-order valence-electron chi connectivity index (χ4n) is 3.19. The third kappa shape index (κ3) is 3.54. The van der Waals surface area contributed by atoms with E-state index in [0.717, 1.165) is 42.9 Å². The molecule has 1 aliphatic rings. The van der Waals surface area contributed by atoms with Crippen LogP contribution in [0.4, 0.5) is 0 Å². The minimum atomic E-state index is 0.0557. The molecule has 0 atom stereocenters. The summed E-state index contributed by atoms with van der Waals surface area (Å²) in [5.41, 5.74) is 4.11. The van der Waals surface area contributed by atoms with E-state index in [9.17, 15) is 4.79 Å². The molecule has 1 aromatic heterocycles. The number of piperazine rings is 1. The first-order valence-corrected chi connectivity index (χ1v) is 9.01.